The number of aromatic amines is 2. The molecule has 6 aromatic rings. The second kappa shape index (κ2) is 8.13. The molecule has 0 bridgehead atoms. The van der Waals surface area contributed by atoms with Crippen molar-refractivity contribution in [1.29, 1.82) is 0 Å². The topological polar surface area (TPSA) is 143 Å². The van der Waals surface area contributed by atoms with Crippen molar-refractivity contribution < 1.29 is 4.79 Å². The summed E-state index contributed by atoms with van der Waals surface area (Å²) >= 11 is 0. The summed E-state index contributed by atoms with van der Waals surface area (Å²) in [7, 11) is 0. The average Bonchev–Trinajstić information content (AvgIpc) is 3.61. The van der Waals surface area contributed by atoms with Crippen LogP contribution < -0.4 is 5.32 Å². The summed E-state index contributed by atoms with van der Waals surface area (Å²) < 4.78 is 1.89. The van der Waals surface area contributed by atoms with Crippen LogP contribution >= 0.6 is 0 Å². The molecule has 172 valence electrons. The zero-order chi connectivity index (χ0) is 23.9. The molecule has 1 amide bonds. The van der Waals surface area contributed by atoms with Gasteiger partial charge < -0.3 is 14.9 Å². The fourth-order valence-electron chi connectivity index (χ4n) is 3.90. The molecule has 0 aliphatic heterocycles. The summed E-state index contributed by atoms with van der Waals surface area (Å²) in [5, 5.41) is 10.3. The highest BCUT2D eigenvalue weighted by atomic mass is 16.1. The summed E-state index contributed by atoms with van der Waals surface area (Å²) in [5.74, 6) is 0.498. The molecule has 0 unspecified atom stereocenters. The van der Waals surface area contributed by atoms with Gasteiger partial charge >= 0.3 is 0 Å². The Bertz CT molecular complexity index is 1710. The third-order valence-electron chi connectivity index (χ3n) is 5.64. The van der Waals surface area contributed by atoms with Crippen molar-refractivity contribution in [2.75, 3.05) is 5.32 Å². The van der Waals surface area contributed by atoms with Crippen LogP contribution in [0.5, 0.6) is 0 Å². The first-order valence-corrected chi connectivity index (χ1v) is 11.0. The Morgan fingerprint density at radius 3 is 2.77 bits per heavy atom. The lowest BCUT2D eigenvalue weighted by Crippen LogP contribution is -2.09. The monoisotopic (exact) mass is 464 g/mol. The molecule has 0 saturated heterocycles. The van der Waals surface area contributed by atoms with Crippen LogP contribution in [0.3, 0.4) is 0 Å². The van der Waals surface area contributed by atoms with Gasteiger partial charge in [-0.15, -0.1) is 0 Å². The highest BCUT2D eigenvalue weighted by molar-refractivity contribution is 5.93. The molecule has 6 aromatic heterocycles. The summed E-state index contributed by atoms with van der Waals surface area (Å²) in [6.45, 7) is 3.73. The van der Waals surface area contributed by atoms with Gasteiger partial charge in [-0.2, -0.15) is 5.10 Å². The molecule has 35 heavy (non-hydrogen) atoms. The van der Waals surface area contributed by atoms with Crippen LogP contribution in [-0.2, 0) is 4.79 Å². The number of rotatable bonds is 5. The maximum absolute atomic E-state index is 11.8. The van der Waals surface area contributed by atoms with Gasteiger partial charge in [0, 0.05) is 24.4 Å². The van der Waals surface area contributed by atoms with E-state index in [0.717, 1.165) is 33.5 Å². The maximum atomic E-state index is 11.8. The first-order valence-electron chi connectivity index (χ1n) is 11.0. The van der Waals surface area contributed by atoms with Crippen LogP contribution in [-0.4, -0.2) is 50.6 Å². The van der Waals surface area contributed by atoms with E-state index in [9.17, 15) is 4.79 Å². The fourth-order valence-corrected chi connectivity index (χ4v) is 3.90. The minimum Gasteiger partial charge on any atom is -0.335 e. The molecule has 3 N–H and O–H groups in total. The molecule has 0 atom stereocenters. The smallest absolute Gasteiger partial charge is 0.224 e. The van der Waals surface area contributed by atoms with Gasteiger partial charge in [0.1, 0.15) is 11.0 Å². The second-order valence-electron chi connectivity index (χ2n) is 8.09. The molecule has 0 fully saturated rings. The number of hydrogen-bond acceptors (Lipinski definition) is 7. The van der Waals surface area contributed by atoms with E-state index in [0.29, 0.717) is 34.8 Å². The van der Waals surface area contributed by atoms with Gasteiger partial charge in [-0.3, -0.25) is 19.9 Å². The molecule has 0 spiro atoms. The molecule has 0 aliphatic rings. The highest BCUT2D eigenvalue weighted by Crippen LogP contribution is 2.29. The summed E-state index contributed by atoms with van der Waals surface area (Å²) in [5.41, 5.74) is 7.38. The van der Waals surface area contributed by atoms with E-state index in [1.54, 1.807) is 38.0 Å². The van der Waals surface area contributed by atoms with Crippen molar-refractivity contribution in [2.45, 2.75) is 20.3 Å². The van der Waals surface area contributed by atoms with Crippen molar-refractivity contribution in [3.8, 4) is 28.5 Å². The van der Waals surface area contributed by atoms with Gasteiger partial charge in [0.2, 0.25) is 5.91 Å². The lowest BCUT2D eigenvalue weighted by atomic mass is 10.1. The number of hydrogen-bond donors (Lipinski definition) is 3. The molecule has 0 radical (unpaired) electrons. The van der Waals surface area contributed by atoms with E-state index in [2.05, 4.69) is 35.5 Å². The molecule has 11 nitrogen and oxygen atoms in total. The van der Waals surface area contributed by atoms with Crippen LogP contribution in [0.4, 0.5) is 5.69 Å². The lowest BCUT2D eigenvalue weighted by Gasteiger charge is -2.06. The molecular weight excluding hydrogens is 444 g/mol. The number of pyridine rings is 3. The van der Waals surface area contributed by atoms with Gasteiger partial charge in [-0.05, 0) is 25.1 Å². The number of amides is 1. The zero-order valence-electron chi connectivity index (χ0n) is 18.9. The summed E-state index contributed by atoms with van der Waals surface area (Å²) in [6, 6.07) is 5.64. The number of aromatic nitrogens is 9. The van der Waals surface area contributed by atoms with E-state index in [4.69, 9.17) is 9.97 Å². The molecule has 0 aromatic carbocycles. The van der Waals surface area contributed by atoms with E-state index < -0.39 is 0 Å². The number of imidazole rings is 2. The number of nitrogens with zero attached hydrogens (tertiary/aromatic N) is 7. The number of aryl methyl sites for hydroxylation is 1. The number of anilines is 1. The van der Waals surface area contributed by atoms with E-state index >= 15 is 0 Å². The molecule has 6 heterocycles. The van der Waals surface area contributed by atoms with Crippen LogP contribution in [0.15, 0.2) is 55.5 Å². The van der Waals surface area contributed by atoms with Crippen LogP contribution in [0.2, 0.25) is 0 Å². The van der Waals surface area contributed by atoms with Crippen LogP contribution in [0.1, 0.15) is 19.0 Å². The van der Waals surface area contributed by atoms with E-state index in [-0.39, 0.29) is 5.91 Å². The Balaban J connectivity index is 1.43. The number of carbonyl (C=O) groups is 1. The molecule has 11 heteroatoms. The summed E-state index contributed by atoms with van der Waals surface area (Å²) in [6.07, 6.45) is 10.9. The lowest BCUT2D eigenvalue weighted by molar-refractivity contribution is -0.115. The van der Waals surface area contributed by atoms with Crippen molar-refractivity contribution in [1.82, 2.24) is 44.7 Å². The molecule has 6 rings (SSSR count). The Kier molecular flexibility index (Phi) is 4.80. The third kappa shape index (κ3) is 3.68. The maximum Gasteiger partial charge on any atom is 0.224 e. The first kappa shape index (κ1) is 20.7. The molecular formula is C24H20N10O. The van der Waals surface area contributed by atoms with Crippen LogP contribution in [0, 0.1) is 6.92 Å². The Morgan fingerprint density at radius 1 is 1.06 bits per heavy atom. The van der Waals surface area contributed by atoms with Crippen molar-refractivity contribution in [3.05, 3.63) is 61.2 Å². The molecule has 0 saturated carbocycles. The summed E-state index contributed by atoms with van der Waals surface area (Å²) in [4.78, 5) is 37.7. The number of H-pyrrole nitrogens is 2. The fraction of sp³-hybridized carbons (Fsp3) is 0.125. The highest BCUT2D eigenvalue weighted by Gasteiger charge is 2.17. The Morgan fingerprint density at radius 2 is 1.94 bits per heavy atom. The Labute approximate surface area is 198 Å². The minimum absolute atomic E-state index is 0.0749. The normalized spacial score (nSPS) is 11.4. The Hall–Kier alpha value is -4.93. The van der Waals surface area contributed by atoms with Gasteiger partial charge in [0.05, 0.1) is 58.7 Å². The van der Waals surface area contributed by atoms with E-state index in [1.165, 1.54) is 0 Å². The van der Waals surface area contributed by atoms with E-state index in [1.807, 2.05) is 35.9 Å². The van der Waals surface area contributed by atoms with Crippen molar-refractivity contribution in [2.24, 2.45) is 0 Å². The van der Waals surface area contributed by atoms with Gasteiger partial charge in [-0.1, -0.05) is 6.92 Å². The number of fused-ring (bicyclic) bond motifs is 2. The van der Waals surface area contributed by atoms with Gasteiger partial charge in [0.15, 0.2) is 11.5 Å². The minimum atomic E-state index is -0.0749. The largest absolute Gasteiger partial charge is 0.335 e. The van der Waals surface area contributed by atoms with Crippen LogP contribution in [0.25, 0.3) is 50.5 Å². The standard InChI is InChI=1S/C24H20N10O/c1-3-20(35)28-15-6-14(7-25-8-15)16-4-5-17-22(29-16)23(33-32-17)24-30-18-9-26-10-19(21(18)31-24)34-11-13(2)27-12-34/h4-12H,3H2,1-2H3,(H,28,35)(H,30,31)(H,32,33). The van der Waals surface area contributed by atoms with Crippen molar-refractivity contribution in [3.63, 3.8) is 0 Å². The quantitative estimate of drug-likeness (QED) is 0.352. The third-order valence-corrected chi connectivity index (χ3v) is 5.64. The van der Waals surface area contributed by atoms with Crippen molar-refractivity contribution >= 4 is 33.7 Å². The molecule has 0 aliphatic carbocycles. The second-order valence-corrected chi connectivity index (χ2v) is 8.09. The predicted molar refractivity (Wildman–Crippen MR) is 131 cm³/mol. The number of nitrogens with one attached hydrogen (secondary N) is 3. The predicted octanol–water partition coefficient (Wildman–Crippen LogP) is 3.80. The average molecular weight is 464 g/mol. The first-order chi connectivity index (χ1) is 17.1. The SMILES string of the molecule is CCC(=O)Nc1cncc(-c2ccc3[nH]nc(-c4nc5c(-n6cnc(C)c6)cncc5[nH]4)c3n2)c1. The number of carbonyl (C=O) groups excluding carboxylic acids is 1. The van der Waals surface area contributed by atoms with Gasteiger partial charge in [-0.25, -0.2) is 15.0 Å². The zero-order valence-corrected chi connectivity index (χ0v) is 18.9. The van der Waals surface area contributed by atoms with Gasteiger partial charge in [0.25, 0.3) is 0 Å².